The minimum Gasteiger partial charge on any atom is -0.549 e. The van der Waals surface area contributed by atoms with E-state index in [1.165, 1.54) is 0 Å². The zero-order valence-corrected chi connectivity index (χ0v) is 12.5. The molecule has 0 saturated heterocycles. The van der Waals surface area contributed by atoms with E-state index in [0.29, 0.717) is 0 Å². The third-order valence-corrected chi connectivity index (χ3v) is 2.14. The fraction of sp³-hybridized carbons (Fsp3) is 0.600. The number of nitrogens with zero attached hydrogens (tertiary/aromatic N) is 2. The van der Waals surface area contributed by atoms with E-state index in [-0.39, 0.29) is 34.8 Å². The summed E-state index contributed by atoms with van der Waals surface area (Å²) in [7, 11) is 0. The molecule has 0 atom stereocenters. The Kier molecular flexibility index (Phi) is 11.6. The van der Waals surface area contributed by atoms with Gasteiger partial charge in [-0.3, -0.25) is 9.80 Å². The normalized spacial score (nSPS) is 10.2. The molecule has 0 aromatic rings. The van der Waals surface area contributed by atoms with Gasteiger partial charge in [0.05, 0.1) is 23.9 Å². The number of carbonyl (C=O) groups excluding carboxylic acids is 4. The molecular formula is C10H12N2O8Ti. The predicted octanol–water partition coefficient (Wildman–Crippen LogP) is -7.41. The van der Waals surface area contributed by atoms with Gasteiger partial charge in [-0.05, 0) is 0 Å². The topological polar surface area (TPSA) is 167 Å². The molecule has 0 aromatic heterocycles. The summed E-state index contributed by atoms with van der Waals surface area (Å²) >= 11 is 0. The Labute approximate surface area is 134 Å². The fourth-order valence-corrected chi connectivity index (χ4v) is 1.44. The summed E-state index contributed by atoms with van der Waals surface area (Å²) in [4.78, 5) is 43.4. The van der Waals surface area contributed by atoms with Crippen molar-refractivity contribution in [2.75, 3.05) is 39.3 Å². The van der Waals surface area contributed by atoms with Crippen LogP contribution in [0.25, 0.3) is 0 Å². The summed E-state index contributed by atoms with van der Waals surface area (Å²) in [6.45, 7) is -3.25. The van der Waals surface area contributed by atoms with E-state index in [0.717, 1.165) is 9.80 Å². The minimum absolute atomic E-state index is 0. The van der Waals surface area contributed by atoms with E-state index in [4.69, 9.17) is 0 Å². The van der Waals surface area contributed by atoms with Crippen LogP contribution in [-0.4, -0.2) is 72.9 Å². The van der Waals surface area contributed by atoms with Crippen LogP contribution in [0.3, 0.4) is 0 Å². The van der Waals surface area contributed by atoms with E-state index < -0.39 is 50.1 Å². The van der Waals surface area contributed by atoms with Crippen LogP contribution in [0.5, 0.6) is 0 Å². The molecule has 0 radical (unpaired) electrons. The summed E-state index contributed by atoms with van der Waals surface area (Å²) < 4.78 is 0. The molecule has 11 heteroatoms. The average molecular weight is 336 g/mol. The third kappa shape index (κ3) is 13.3. The maximum Gasteiger partial charge on any atom is 4.00 e. The SMILES string of the molecule is O=C([O-])CN(CCN(CC(=O)[O-])CC(=O)[O-])CC(=O)[O-].[Ti+4]. The van der Waals surface area contributed by atoms with Crippen molar-refractivity contribution in [2.24, 2.45) is 0 Å². The Morgan fingerprint density at radius 2 is 0.762 bits per heavy atom. The molecule has 0 aliphatic rings. The molecule has 10 nitrogen and oxygen atoms in total. The van der Waals surface area contributed by atoms with Gasteiger partial charge in [0.2, 0.25) is 0 Å². The van der Waals surface area contributed by atoms with Gasteiger partial charge in [0.25, 0.3) is 0 Å². The first kappa shape index (κ1) is 21.8. The van der Waals surface area contributed by atoms with Gasteiger partial charge in [0.15, 0.2) is 0 Å². The van der Waals surface area contributed by atoms with Crippen molar-refractivity contribution in [2.45, 2.75) is 0 Å². The molecule has 0 unspecified atom stereocenters. The second-order valence-corrected chi connectivity index (χ2v) is 3.91. The van der Waals surface area contributed by atoms with Crippen LogP contribution in [0.4, 0.5) is 0 Å². The van der Waals surface area contributed by atoms with Gasteiger partial charge in [0.1, 0.15) is 0 Å². The van der Waals surface area contributed by atoms with Crippen molar-refractivity contribution in [3.05, 3.63) is 0 Å². The van der Waals surface area contributed by atoms with Crippen molar-refractivity contribution in [1.82, 2.24) is 9.80 Å². The monoisotopic (exact) mass is 336 g/mol. The molecular weight excluding hydrogens is 324 g/mol. The van der Waals surface area contributed by atoms with Gasteiger partial charge >= 0.3 is 21.7 Å². The number of carboxylic acid groups (broad SMARTS) is 4. The number of carbonyl (C=O) groups is 4. The summed E-state index contributed by atoms with van der Waals surface area (Å²) in [5.41, 5.74) is 0. The number of carboxylic acids is 4. The molecule has 0 saturated carbocycles. The van der Waals surface area contributed by atoms with E-state index in [2.05, 4.69) is 0 Å². The molecule has 0 aliphatic heterocycles. The van der Waals surface area contributed by atoms with Crippen molar-refractivity contribution in [3.63, 3.8) is 0 Å². The maximum atomic E-state index is 10.4. The molecule has 0 fully saturated rings. The Morgan fingerprint density at radius 3 is 0.905 bits per heavy atom. The van der Waals surface area contributed by atoms with Crippen molar-refractivity contribution < 1.29 is 61.3 Å². The Morgan fingerprint density at radius 1 is 0.571 bits per heavy atom. The second kappa shape index (κ2) is 11.2. The first-order valence-electron chi connectivity index (χ1n) is 5.44. The van der Waals surface area contributed by atoms with Crippen LogP contribution in [0, 0.1) is 0 Å². The Bertz CT molecular complexity index is 321. The maximum absolute atomic E-state index is 10.4. The van der Waals surface area contributed by atoms with Crippen molar-refractivity contribution in [1.29, 1.82) is 0 Å². The van der Waals surface area contributed by atoms with Crippen molar-refractivity contribution in [3.8, 4) is 0 Å². The Hall–Kier alpha value is -1.49. The molecule has 0 spiro atoms. The van der Waals surface area contributed by atoms with Gasteiger partial charge in [-0.2, -0.15) is 0 Å². The van der Waals surface area contributed by atoms with Gasteiger partial charge in [-0.15, -0.1) is 0 Å². The molecule has 0 heterocycles. The zero-order chi connectivity index (χ0) is 15.7. The molecule has 0 aromatic carbocycles. The van der Waals surface area contributed by atoms with E-state index >= 15 is 0 Å². The minimum atomic E-state index is -1.53. The number of hydrogen-bond donors (Lipinski definition) is 0. The first-order valence-corrected chi connectivity index (χ1v) is 5.44. The molecule has 0 bridgehead atoms. The average Bonchev–Trinajstić information content (AvgIpc) is 2.22. The van der Waals surface area contributed by atoms with Gasteiger partial charge in [0, 0.05) is 39.3 Å². The number of hydrogen-bond acceptors (Lipinski definition) is 10. The van der Waals surface area contributed by atoms with Crippen LogP contribution >= 0.6 is 0 Å². The summed E-state index contributed by atoms with van der Waals surface area (Å²) in [6.07, 6.45) is 0. The molecule has 21 heavy (non-hydrogen) atoms. The summed E-state index contributed by atoms with van der Waals surface area (Å²) in [5, 5.41) is 41.6. The van der Waals surface area contributed by atoms with Crippen LogP contribution in [0.15, 0.2) is 0 Å². The fourth-order valence-electron chi connectivity index (χ4n) is 1.44. The molecule has 0 N–H and O–H groups in total. The zero-order valence-electron chi connectivity index (χ0n) is 10.9. The molecule has 114 valence electrons. The van der Waals surface area contributed by atoms with Gasteiger partial charge in [-0.25, -0.2) is 0 Å². The largest absolute Gasteiger partial charge is 4.00 e. The third-order valence-electron chi connectivity index (χ3n) is 2.14. The van der Waals surface area contributed by atoms with Crippen LogP contribution in [-0.2, 0) is 40.9 Å². The van der Waals surface area contributed by atoms with Crippen LogP contribution in [0.2, 0.25) is 0 Å². The van der Waals surface area contributed by atoms with E-state index in [9.17, 15) is 39.6 Å². The first-order chi connectivity index (χ1) is 9.20. The summed E-state index contributed by atoms with van der Waals surface area (Å²) in [5.74, 6) is -6.12. The quantitative estimate of drug-likeness (QED) is 0.330. The second-order valence-electron chi connectivity index (χ2n) is 3.91. The summed E-state index contributed by atoms with van der Waals surface area (Å²) in [6, 6.07) is 0. The predicted molar refractivity (Wildman–Crippen MR) is 52.9 cm³/mol. The van der Waals surface area contributed by atoms with Crippen LogP contribution in [0.1, 0.15) is 0 Å². The van der Waals surface area contributed by atoms with E-state index in [1.54, 1.807) is 0 Å². The molecule has 0 amide bonds. The van der Waals surface area contributed by atoms with Crippen molar-refractivity contribution >= 4 is 23.9 Å². The standard InChI is InChI=1S/C10H16N2O8.Ti/c13-7(14)3-11(4-8(15)16)1-2-12(5-9(17)18)6-10(19)20;/h1-6H2,(H,13,14)(H,15,16)(H,17,18)(H,19,20);/q;+4/p-4. The smallest absolute Gasteiger partial charge is 0.549 e. The van der Waals surface area contributed by atoms with E-state index in [1.807, 2.05) is 0 Å². The van der Waals surface area contributed by atoms with Gasteiger partial charge < -0.3 is 39.6 Å². The molecule has 0 aliphatic carbocycles. The van der Waals surface area contributed by atoms with Crippen LogP contribution < -0.4 is 20.4 Å². The molecule has 0 rings (SSSR count). The number of aliphatic carboxylic acids is 4. The van der Waals surface area contributed by atoms with Gasteiger partial charge in [-0.1, -0.05) is 0 Å². The number of rotatable bonds is 11. The Balaban J connectivity index is 0.